The van der Waals surface area contributed by atoms with Gasteiger partial charge in [-0.25, -0.2) is 4.98 Å². The topological polar surface area (TPSA) is 27.1 Å². The van der Waals surface area contributed by atoms with E-state index in [2.05, 4.69) is 34.7 Å². The van der Waals surface area contributed by atoms with Gasteiger partial charge in [0.05, 0.1) is 23.9 Å². The third-order valence-electron chi connectivity index (χ3n) is 2.47. The number of imidazole rings is 1. The number of rotatable bonds is 0. The van der Waals surface area contributed by atoms with Crippen LogP contribution in [0.2, 0.25) is 0 Å². The number of aryl methyl sites for hydroxylation is 1. The van der Waals surface area contributed by atoms with Gasteiger partial charge in [-0.05, 0) is 24.6 Å². The number of ether oxygens (including phenoxy) is 1. The summed E-state index contributed by atoms with van der Waals surface area (Å²) >= 11 is 0. The highest BCUT2D eigenvalue weighted by atomic mass is 16.5. The molecule has 0 saturated carbocycles. The normalized spacial score (nSPS) is 12.9. The fraction of sp³-hybridized carbons (Fsp3) is 0.182. The van der Waals surface area contributed by atoms with Crippen molar-refractivity contribution in [1.29, 1.82) is 0 Å². The lowest BCUT2D eigenvalue weighted by Gasteiger charge is -2.19. The van der Waals surface area contributed by atoms with Gasteiger partial charge < -0.3 is 4.74 Å². The van der Waals surface area contributed by atoms with Crippen molar-refractivity contribution < 1.29 is 4.74 Å². The van der Waals surface area contributed by atoms with Crippen molar-refractivity contribution >= 4 is 0 Å². The molecule has 0 saturated heterocycles. The quantitative estimate of drug-likeness (QED) is 0.629. The molecule has 0 bridgehead atoms. The first-order valence-electron chi connectivity index (χ1n) is 4.59. The summed E-state index contributed by atoms with van der Waals surface area (Å²) in [5, 5.41) is 0. The largest absolute Gasteiger partial charge is 0.485 e. The molecule has 14 heavy (non-hydrogen) atoms. The van der Waals surface area contributed by atoms with Crippen molar-refractivity contribution in [2.24, 2.45) is 0 Å². The Morgan fingerprint density at radius 1 is 1.43 bits per heavy atom. The van der Waals surface area contributed by atoms with E-state index in [1.54, 1.807) is 0 Å². The van der Waals surface area contributed by atoms with Crippen molar-refractivity contribution in [2.75, 3.05) is 0 Å². The van der Waals surface area contributed by atoms with Crippen molar-refractivity contribution in [3.8, 4) is 11.4 Å². The number of aromatic nitrogens is 2. The van der Waals surface area contributed by atoms with Gasteiger partial charge in [-0.15, -0.1) is 0 Å². The first-order valence-corrected chi connectivity index (χ1v) is 4.59. The van der Waals surface area contributed by atoms with Gasteiger partial charge in [-0.3, -0.25) is 4.57 Å². The zero-order valence-corrected chi connectivity index (χ0v) is 7.90. The highest BCUT2D eigenvalue weighted by Gasteiger charge is 2.15. The average Bonchev–Trinajstić information content (AvgIpc) is 2.65. The molecule has 3 rings (SSSR count). The second-order valence-electron chi connectivity index (χ2n) is 3.51. The molecule has 1 aliphatic rings. The minimum absolute atomic E-state index is 0.608. The molecule has 1 aromatic heterocycles. The average molecular weight is 186 g/mol. The minimum atomic E-state index is 0.608. The second-order valence-corrected chi connectivity index (χ2v) is 3.51. The third-order valence-corrected chi connectivity index (χ3v) is 2.47. The van der Waals surface area contributed by atoms with Gasteiger partial charge >= 0.3 is 0 Å². The van der Waals surface area contributed by atoms with E-state index in [-0.39, 0.29) is 0 Å². The van der Waals surface area contributed by atoms with Gasteiger partial charge in [0, 0.05) is 0 Å². The van der Waals surface area contributed by atoms with E-state index < -0.39 is 0 Å². The van der Waals surface area contributed by atoms with E-state index in [0.717, 1.165) is 17.1 Å². The van der Waals surface area contributed by atoms with E-state index in [9.17, 15) is 0 Å². The van der Waals surface area contributed by atoms with Gasteiger partial charge in [0.1, 0.15) is 12.4 Å². The molecule has 3 heteroatoms. The maximum Gasteiger partial charge on any atom is 0.144 e. The Kier molecular flexibility index (Phi) is 1.42. The van der Waals surface area contributed by atoms with Gasteiger partial charge in [-0.1, -0.05) is 6.07 Å². The van der Waals surface area contributed by atoms with E-state index in [4.69, 9.17) is 4.74 Å². The first kappa shape index (κ1) is 7.62. The molecule has 0 unspecified atom stereocenters. The van der Waals surface area contributed by atoms with Gasteiger partial charge in [-0.2, -0.15) is 0 Å². The fourth-order valence-corrected chi connectivity index (χ4v) is 1.73. The predicted molar refractivity (Wildman–Crippen MR) is 52.6 cm³/mol. The molecule has 0 radical (unpaired) electrons. The SMILES string of the molecule is Cc1ccc2c(c1)OCc1cncn1-2. The number of nitrogens with zero attached hydrogens (tertiary/aromatic N) is 2. The van der Waals surface area contributed by atoms with Crippen LogP contribution in [0.3, 0.4) is 0 Å². The number of hydrogen-bond acceptors (Lipinski definition) is 2. The lowest BCUT2D eigenvalue weighted by atomic mass is 10.2. The van der Waals surface area contributed by atoms with Gasteiger partial charge in [0.25, 0.3) is 0 Å². The van der Waals surface area contributed by atoms with E-state index in [1.807, 2.05) is 12.5 Å². The highest BCUT2D eigenvalue weighted by Crippen LogP contribution is 2.29. The minimum Gasteiger partial charge on any atom is -0.485 e. The van der Waals surface area contributed by atoms with Crippen LogP contribution in [0.25, 0.3) is 5.69 Å². The molecule has 2 heterocycles. The zero-order chi connectivity index (χ0) is 9.54. The van der Waals surface area contributed by atoms with Crippen LogP contribution in [0.15, 0.2) is 30.7 Å². The Labute approximate surface area is 82.0 Å². The van der Waals surface area contributed by atoms with Crippen LogP contribution in [-0.2, 0) is 6.61 Å². The molecule has 3 nitrogen and oxygen atoms in total. The van der Waals surface area contributed by atoms with Crippen LogP contribution in [0.5, 0.6) is 5.75 Å². The smallest absolute Gasteiger partial charge is 0.144 e. The molecule has 0 N–H and O–H groups in total. The second kappa shape index (κ2) is 2.61. The summed E-state index contributed by atoms with van der Waals surface area (Å²) in [6.07, 6.45) is 3.66. The summed E-state index contributed by atoms with van der Waals surface area (Å²) in [6.45, 7) is 2.67. The first-order chi connectivity index (χ1) is 6.84. The highest BCUT2D eigenvalue weighted by molar-refractivity contribution is 5.51. The fourth-order valence-electron chi connectivity index (χ4n) is 1.73. The van der Waals surface area contributed by atoms with Gasteiger partial charge in [0.2, 0.25) is 0 Å². The van der Waals surface area contributed by atoms with Gasteiger partial charge in [0.15, 0.2) is 0 Å². The molecule has 70 valence electrons. The molecular weight excluding hydrogens is 176 g/mol. The summed E-state index contributed by atoms with van der Waals surface area (Å²) < 4.78 is 7.70. The molecule has 2 aromatic rings. The molecule has 1 aromatic carbocycles. The molecule has 0 spiro atoms. The van der Waals surface area contributed by atoms with Crippen molar-refractivity contribution in [2.45, 2.75) is 13.5 Å². The van der Waals surface area contributed by atoms with E-state index >= 15 is 0 Å². The zero-order valence-electron chi connectivity index (χ0n) is 7.90. The van der Waals surface area contributed by atoms with E-state index in [0.29, 0.717) is 6.61 Å². The molecule has 0 amide bonds. The summed E-state index contributed by atoms with van der Waals surface area (Å²) in [5.74, 6) is 0.940. The molecule has 0 atom stereocenters. The Bertz CT molecular complexity index is 488. The van der Waals surface area contributed by atoms with Crippen molar-refractivity contribution in [3.05, 3.63) is 42.0 Å². The van der Waals surface area contributed by atoms with Crippen LogP contribution >= 0.6 is 0 Å². The molecule has 0 aliphatic carbocycles. The van der Waals surface area contributed by atoms with Crippen molar-refractivity contribution in [3.63, 3.8) is 0 Å². The summed E-state index contributed by atoms with van der Waals surface area (Å²) in [4.78, 5) is 4.11. The molecular formula is C11H10N2O. The summed E-state index contributed by atoms with van der Waals surface area (Å²) in [6, 6.07) is 6.20. The summed E-state index contributed by atoms with van der Waals surface area (Å²) in [5.41, 5.74) is 3.39. The van der Waals surface area contributed by atoms with Crippen LogP contribution < -0.4 is 4.74 Å². The Hall–Kier alpha value is -1.77. The number of benzene rings is 1. The number of fused-ring (bicyclic) bond motifs is 3. The predicted octanol–water partition coefficient (Wildman–Crippen LogP) is 2.07. The van der Waals surface area contributed by atoms with E-state index in [1.165, 1.54) is 5.56 Å². The molecule has 0 fully saturated rings. The monoisotopic (exact) mass is 186 g/mol. The van der Waals surface area contributed by atoms with Crippen molar-refractivity contribution in [1.82, 2.24) is 9.55 Å². The Morgan fingerprint density at radius 2 is 2.36 bits per heavy atom. The Morgan fingerprint density at radius 3 is 3.29 bits per heavy atom. The van der Waals surface area contributed by atoms with Crippen LogP contribution in [0.4, 0.5) is 0 Å². The third kappa shape index (κ3) is 0.954. The summed E-state index contributed by atoms with van der Waals surface area (Å²) in [7, 11) is 0. The van der Waals surface area contributed by atoms with Crippen LogP contribution in [0, 0.1) is 6.92 Å². The lowest BCUT2D eigenvalue weighted by Crippen LogP contribution is -2.11. The lowest BCUT2D eigenvalue weighted by molar-refractivity contribution is 0.285. The number of hydrogen-bond donors (Lipinski definition) is 0. The Balaban J connectivity index is 2.26. The maximum atomic E-state index is 5.63. The van der Waals surface area contributed by atoms with Crippen LogP contribution in [-0.4, -0.2) is 9.55 Å². The standard InChI is InChI=1S/C11H10N2O/c1-8-2-3-10-11(4-8)14-6-9-5-12-7-13(9)10/h2-5,7H,6H2,1H3. The molecule has 1 aliphatic heterocycles. The van der Waals surface area contributed by atoms with Crippen LogP contribution in [0.1, 0.15) is 11.3 Å². The maximum absolute atomic E-state index is 5.63.